The van der Waals surface area contributed by atoms with E-state index >= 15 is 0 Å². The average molecular weight is 871 g/mol. The summed E-state index contributed by atoms with van der Waals surface area (Å²) in [6.07, 6.45) is 2.66. The summed E-state index contributed by atoms with van der Waals surface area (Å²) in [7, 11) is 0. The number of piperazine rings is 1. The van der Waals surface area contributed by atoms with Gasteiger partial charge in [-0.05, 0) is 73.9 Å². The number of aryl methyl sites for hydroxylation is 2. The molecule has 2 aromatic carbocycles. The van der Waals surface area contributed by atoms with Crippen LogP contribution in [0.25, 0.3) is 16.1 Å². The van der Waals surface area contributed by atoms with Crippen LogP contribution in [0.15, 0.2) is 65.8 Å². The van der Waals surface area contributed by atoms with E-state index in [0.717, 1.165) is 61.4 Å². The quantitative estimate of drug-likeness (QED) is 0.133. The summed E-state index contributed by atoms with van der Waals surface area (Å²) in [5.41, 5.74) is 7.77. The molecule has 60 heavy (non-hydrogen) atoms. The number of benzene rings is 2. The number of amides is 3. The fourth-order valence-corrected chi connectivity index (χ4v) is 8.96. The molecule has 2 N–H and O–H groups in total. The molecule has 0 bridgehead atoms. The molecule has 1 atom stereocenters. The van der Waals surface area contributed by atoms with Crippen LogP contribution in [-0.2, 0) is 30.3 Å². The van der Waals surface area contributed by atoms with Crippen molar-refractivity contribution in [2.75, 3.05) is 69.4 Å². The molecule has 0 aliphatic carbocycles. The molecule has 3 amide bonds. The standard InChI is InChI=1S/C43H46ClN9O5S.H2S/c1-26-27(2)59-43-40(26)41(29-4-8-33(44)9-5-29)48-35(42-50-49-28(3)53(42)43)24-37(54)45-13-19-58-21-20-57-18-12-39(56)52-16-14-51(15-17-52)36-11-7-31(25-46-36)30-6-10-34-32(22-30)23-38(55)47-34;/h4-11,22,25,35H,12-21,23-24H2,1-3H3,(H,45,54)(H,47,55);1H2/t35-;/m0./s1. The van der Waals surface area contributed by atoms with Gasteiger partial charge in [-0.2, -0.15) is 13.5 Å². The number of aliphatic imine (C=N–C) groups is 1. The third-order valence-electron chi connectivity index (χ3n) is 10.9. The molecule has 3 aliphatic heterocycles. The minimum Gasteiger partial charge on any atom is -0.379 e. The largest absolute Gasteiger partial charge is 0.379 e. The van der Waals surface area contributed by atoms with E-state index in [-0.39, 0.29) is 37.6 Å². The minimum atomic E-state index is -0.549. The molecular formula is C43H48ClN9O5S2. The number of hydrogen-bond acceptors (Lipinski definition) is 11. The predicted molar refractivity (Wildman–Crippen MR) is 238 cm³/mol. The van der Waals surface area contributed by atoms with E-state index in [2.05, 4.69) is 39.6 Å². The lowest BCUT2D eigenvalue weighted by Crippen LogP contribution is -2.49. The number of hydrogen-bond donors (Lipinski definition) is 2. The first-order valence-corrected chi connectivity index (χ1v) is 21.0. The van der Waals surface area contributed by atoms with Crippen molar-refractivity contribution in [2.24, 2.45) is 4.99 Å². The number of aromatic nitrogens is 4. The molecule has 0 radical (unpaired) electrons. The van der Waals surface area contributed by atoms with Crippen LogP contribution in [0.3, 0.4) is 0 Å². The van der Waals surface area contributed by atoms with Crippen molar-refractivity contribution in [3.05, 3.63) is 105 Å². The lowest BCUT2D eigenvalue weighted by atomic mass is 9.99. The third kappa shape index (κ3) is 9.42. The molecule has 8 rings (SSSR count). The van der Waals surface area contributed by atoms with Crippen LogP contribution in [0, 0.1) is 20.8 Å². The molecule has 314 valence electrons. The molecule has 17 heteroatoms. The smallest absolute Gasteiger partial charge is 0.228 e. The highest BCUT2D eigenvalue weighted by atomic mass is 35.5. The molecule has 1 fully saturated rings. The second kappa shape index (κ2) is 19.1. The summed E-state index contributed by atoms with van der Waals surface area (Å²) >= 11 is 7.89. The number of fused-ring (bicyclic) bond motifs is 4. The molecule has 0 saturated carbocycles. The maximum atomic E-state index is 13.2. The van der Waals surface area contributed by atoms with E-state index in [1.54, 1.807) is 11.3 Å². The molecule has 0 unspecified atom stereocenters. The Morgan fingerprint density at radius 1 is 0.917 bits per heavy atom. The van der Waals surface area contributed by atoms with Gasteiger partial charge in [-0.1, -0.05) is 29.8 Å². The van der Waals surface area contributed by atoms with Crippen LogP contribution in [0.5, 0.6) is 0 Å². The Bertz CT molecular complexity index is 2390. The zero-order valence-corrected chi connectivity index (χ0v) is 36.4. The first-order valence-electron chi connectivity index (χ1n) is 19.8. The number of carbonyl (C=O) groups is 3. The summed E-state index contributed by atoms with van der Waals surface area (Å²) < 4.78 is 13.4. The molecule has 1 saturated heterocycles. The number of anilines is 2. The molecule has 14 nitrogen and oxygen atoms in total. The number of halogens is 1. The summed E-state index contributed by atoms with van der Waals surface area (Å²) in [5.74, 6) is 2.16. The molecule has 0 spiro atoms. The maximum Gasteiger partial charge on any atom is 0.228 e. The van der Waals surface area contributed by atoms with Crippen molar-refractivity contribution >= 4 is 71.4 Å². The van der Waals surface area contributed by atoms with E-state index < -0.39 is 6.04 Å². The predicted octanol–water partition coefficient (Wildman–Crippen LogP) is 5.75. The Morgan fingerprint density at radius 3 is 2.40 bits per heavy atom. The molecule has 5 aromatic rings. The third-order valence-corrected chi connectivity index (χ3v) is 12.3. The Balaban J connectivity index is 0.00000544. The highest BCUT2D eigenvalue weighted by Gasteiger charge is 2.32. The van der Waals surface area contributed by atoms with Gasteiger partial charge in [-0.25, -0.2) is 4.98 Å². The SMILES string of the molecule is Cc1sc2c(c1C)C(c1ccc(Cl)cc1)=N[C@@H](CC(=O)NCCOCCOCCC(=O)N1CCN(c3ccc(-c4ccc5c(c4)CC(=O)N5)cn3)CC1)c1nnc(C)n1-2.S. The number of ether oxygens (including phenoxy) is 2. The Hall–Kier alpha value is -5.13. The van der Waals surface area contributed by atoms with Gasteiger partial charge in [0, 0.05) is 71.2 Å². The lowest BCUT2D eigenvalue weighted by Gasteiger charge is -2.35. The van der Waals surface area contributed by atoms with E-state index in [1.807, 2.05) is 77.2 Å². The van der Waals surface area contributed by atoms with Gasteiger partial charge in [0.2, 0.25) is 17.7 Å². The highest BCUT2D eigenvalue weighted by Crippen LogP contribution is 2.39. The number of carbonyl (C=O) groups excluding carboxylic acids is 3. The summed E-state index contributed by atoms with van der Waals surface area (Å²) in [6.45, 7) is 10.4. The summed E-state index contributed by atoms with van der Waals surface area (Å²) in [5, 5.41) is 16.3. The van der Waals surface area contributed by atoms with Gasteiger partial charge < -0.3 is 29.9 Å². The minimum absolute atomic E-state index is 0. The van der Waals surface area contributed by atoms with E-state index in [0.29, 0.717) is 82.8 Å². The van der Waals surface area contributed by atoms with Gasteiger partial charge in [0.1, 0.15) is 22.7 Å². The fraction of sp³-hybridized carbons (Fsp3) is 0.372. The average Bonchev–Trinajstić information content (AvgIpc) is 3.88. The van der Waals surface area contributed by atoms with Crippen LogP contribution < -0.4 is 15.5 Å². The fourth-order valence-electron chi connectivity index (χ4n) is 7.62. The van der Waals surface area contributed by atoms with Crippen LogP contribution >= 0.6 is 36.4 Å². The summed E-state index contributed by atoms with van der Waals surface area (Å²) in [4.78, 5) is 52.9. The van der Waals surface area contributed by atoms with E-state index in [4.69, 9.17) is 31.1 Å². The number of pyridine rings is 1. The van der Waals surface area contributed by atoms with Gasteiger partial charge in [0.25, 0.3) is 0 Å². The van der Waals surface area contributed by atoms with Crippen molar-refractivity contribution < 1.29 is 23.9 Å². The van der Waals surface area contributed by atoms with Crippen LogP contribution in [0.2, 0.25) is 5.02 Å². The van der Waals surface area contributed by atoms with Crippen molar-refractivity contribution in [1.82, 2.24) is 30.0 Å². The van der Waals surface area contributed by atoms with E-state index in [1.165, 1.54) is 4.88 Å². The lowest BCUT2D eigenvalue weighted by molar-refractivity contribution is -0.132. The number of thiophene rings is 1. The van der Waals surface area contributed by atoms with Crippen LogP contribution in [0.4, 0.5) is 11.5 Å². The van der Waals surface area contributed by atoms with Crippen molar-refractivity contribution in [2.45, 2.75) is 46.1 Å². The Kier molecular flexibility index (Phi) is 13.7. The monoisotopic (exact) mass is 869 g/mol. The van der Waals surface area contributed by atoms with Gasteiger partial charge in [-0.3, -0.25) is 23.9 Å². The Labute approximate surface area is 364 Å². The van der Waals surface area contributed by atoms with Gasteiger partial charge in [0.15, 0.2) is 5.82 Å². The van der Waals surface area contributed by atoms with Crippen molar-refractivity contribution in [3.8, 4) is 16.1 Å². The van der Waals surface area contributed by atoms with Gasteiger partial charge in [-0.15, -0.1) is 21.5 Å². The zero-order chi connectivity index (χ0) is 41.0. The van der Waals surface area contributed by atoms with Gasteiger partial charge >= 0.3 is 0 Å². The first kappa shape index (κ1) is 43.0. The number of rotatable bonds is 14. The zero-order valence-electron chi connectivity index (χ0n) is 33.8. The summed E-state index contributed by atoms with van der Waals surface area (Å²) in [6, 6.07) is 17.1. The second-order valence-corrected chi connectivity index (χ2v) is 16.4. The van der Waals surface area contributed by atoms with Crippen molar-refractivity contribution in [1.29, 1.82) is 0 Å². The number of nitrogens with zero attached hydrogens (tertiary/aromatic N) is 7. The van der Waals surface area contributed by atoms with E-state index in [9.17, 15) is 14.4 Å². The van der Waals surface area contributed by atoms with Gasteiger partial charge in [0.05, 0.1) is 51.4 Å². The van der Waals surface area contributed by atoms with Crippen LogP contribution in [0.1, 0.15) is 57.7 Å². The first-order chi connectivity index (χ1) is 28.6. The second-order valence-electron chi connectivity index (χ2n) is 14.8. The molecule has 3 aliphatic rings. The maximum absolute atomic E-state index is 13.2. The van der Waals surface area contributed by atoms with Crippen LogP contribution in [-0.4, -0.2) is 107 Å². The Morgan fingerprint density at radius 2 is 1.65 bits per heavy atom. The molecule has 3 aromatic heterocycles. The molecular weight excluding hydrogens is 822 g/mol. The van der Waals surface area contributed by atoms with Crippen molar-refractivity contribution in [3.63, 3.8) is 0 Å². The highest BCUT2D eigenvalue weighted by molar-refractivity contribution is 7.59. The molecule has 6 heterocycles. The number of nitrogens with one attached hydrogen (secondary N) is 2. The normalized spacial score (nSPS) is 15.6. The topological polar surface area (TPSA) is 156 Å².